The molecule has 0 bridgehead atoms. The summed E-state index contributed by atoms with van der Waals surface area (Å²) >= 11 is 1.20. The van der Waals surface area contributed by atoms with Crippen LogP contribution in [0.4, 0.5) is 5.69 Å². The highest BCUT2D eigenvalue weighted by atomic mass is 32.1. The molecule has 0 saturated heterocycles. The molecule has 0 spiro atoms. The molecule has 2 aromatic rings. The fourth-order valence-electron chi connectivity index (χ4n) is 1.85. The van der Waals surface area contributed by atoms with E-state index in [0.29, 0.717) is 10.6 Å². The molecule has 1 aromatic heterocycles. The van der Waals surface area contributed by atoms with Gasteiger partial charge in [-0.15, -0.1) is 11.3 Å². The van der Waals surface area contributed by atoms with E-state index < -0.39 is 24.4 Å². The Hall–Kier alpha value is -2.71. The number of rotatable bonds is 7. The van der Waals surface area contributed by atoms with Gasteiger partial charge in [0, 0.05) is 12.2 Å². The molecule has 0 aliphatic carbocycles. The Bertz CT molecular complexity index is 715. The lowest BCUT2D eigenvalue weighted by atomic mass is 10.2. The largest absolute Gasteiger partial charge is 0.452 e. The fourth-order valence-corrected chi connectivity index (χ4v) is 2.47. The summed E-state index contributed by atoms with van der Waals surface area (Å²) in [6.45, 7) is -0.374. The van der Waals surface area contributed by atoms with Gasteiger partial charge in [-0.2, -0.15) is 0 Å². The average Bonchev–Trinajstić information content (AvgIpc) is 3.13. The molecular weight excluding hydrogens is 332 g/mol. The second-order valence-corrected chi connectivity index (χ2v) is 5.57. The summed E-state index contributed by atoms with van der Waals surface area (Å²) in [6.07, 6.45) is 0. The van der Waals surface area contributed by atoms with Crippen LogP contribution in [0.5, 0.6) is 0 Å². The summed E-state index contributed by atoms with van der Waals surface area (Å²) in [5.74, 6) is -1.94. The maximum Gasteiger partial charge on any atom is 0.340 e. The maximum absolute atomic E-state index is 12.1. The van der Waals surface area contributed by atoms with Crippen molar-refractivity contribution in [3.8, 4) is 0 Å². The van der Waals surface area contributed by atoms with Crippen LogP contribution in [0.1, 0.15) is 20.0 Å². The average molecular weight is 348 g/mol. The van der Waals surface area contributed by atoms with Crippen LogP contribution < -0.4 is 10.6 Å². The Labute approximate surface area is 142 Å². The van der Waals surface area contributed by atoms with Crippen LogP contribution in [0, 0.1) is 0 Å². The number of hydrogen-bond donors (Lipinski definition) is 3. The first-order valence-electron chi connectivity index (χ1n) is 7.10. The minimum atomic E-state index is -0.706. The molecule has 7 nitrogen and oxygen atoms in total. The summed E-state index contributed by atoms with van der Waals surface area (Å²) in [5, 5.41) is 15.6. The molecule has 0 unspecified atom stereocenters. The van der Waals surface area contributed by atoms with E-state index >= 15 is 0 Å². The first kappa shape index (κ1) is 17.6. The number of aliphatic hydroxyl groups is 1. The molecular formula is C16H16N2O5S. The molecule has 0 aliphatic heterocycles. The molecule has 0 fully saturated rings. The number of aliphatic hydroxyl groups excluding tert-OH is 1. The first-order valence-corrected chi connectivity index (χ1v) is 7.98. The van der Waals surface area contributed by atoms with Crippen LogP contribution in [0.2, 0.25) is 0 Å². The quantitative estimate of drug-likeness (QED) is 0.651. The number of para-hydroxylation sites is 1. The van der Waals surface area contributed by atoms with Crippen molar-refractivity contribution in [2.75, 3.05) is 25.1 Å². The second kappa shape index (κ2) is 8.80. The molecule has 2 rings (SSSR count). The summed E-state index contributed by atoms with van der Waals surface area (Å²) in [4.78, 5) is 35.9. The van der Waals surface area contributed by atoms with E-state index in [-0.39, 0.29) is 18.7 Å². The number of hydrogen-bond acceptors (Lipinski definition) is 7. The van der Waals surface area contributed by atoms with Gasteiger partial charge in [0.25, 0.3) is 11.8 Å². The van der Waals surface area contributed by atoms with Crippen molar-refractivity contribution >= 4 is 34.8 Å². The van der Waals surface area contributed by atoms with Gasteiger partial charge in [-0.3, -0.25) is 14.9 Å². The highest BCUT2D eigenvalue weighted by molar-refractivity contribution is 7.12. The highest BCUT2D eigenvalue weighted by Crippen LogP contribution is 2.15. The predicted molar refractivity (Wildman–Crippen MR) is 89.1 cm³/mol. The van der Waals surface area contributed by atoms with Crippen molar-refractivity contribution in [2.24, 2.45) is 0 Å². The van der Waals surface area contributed by atoms with Gasteiger partial charge in [0.2, 0.25) is 0 Å². The lowest BCUT2D eigenvalue weighted by molar-refractivity contribution is -0.123. The Morgan fingerprint density at radius 2 is 1.92 bits per heavy atom. The molecule has 1 heterocycles. The lowest BCUT2D eigenvalue weighted by Gasteiger charge is -2.10. The Morgan fingerprint density at radius 3 is 2.62 bits per heavy atom. The molecule has 8 heteroatoms. The molecule has 0 atom stereocenters. The van der Waals surface area contributed by atoms with Crippen molar-refractivity contribution in [1.82, 2.24) is 5.32 Å². The fraction of sp³-hybridized carbons (Fsp3) is 0.188. The third kappa shape index (κ3) is 4.90. The lowest BCUT2D eigenvalue weighted by Crippen LogP contribution is -2.33. The number of imide groups is 1. The number of benzene rings is 1. The molecule has 3 N–H and O–H groups in total. The van der Waals surface area contributed by atoms with Gasteiger partial charge in [0.1, 0.15) is 0 Å². The van der Waals surface area contributed by atoms with Crippen LogP contribution in [0.15, 0.2) is 41.8 Å². The SMILES string of the molecule is O=C(COC(=O)c1ccccc1NCCO)NC(=O)c1cccs1. The number of esters is 1. The zero-order valence-corrected chi connectivity index (χ0v) is 13.5. The van der Waals surface area contributed by atoms with Crippen molar-refractivity contribution in [3.05, 3.63) is 52.2 Å². The van der Waals surface area contributed by atoms with Gasteiger partial charge in [-0.25, -0.2) is 4.79 Å². The molecule has 126 valence electrons. The minimum Gasteiger partial charge on any atom is -0.452 e. The topological polar surface area (TPSA) is 105 Å². The van der Waals surface area contributed by atoms with E-state index in [4.69, 9.17) is 9.84 Å². The maximum atomic E-state index is 12.1. The number of anilines is 1. The van der Waals surface area contributed by atoms with Crippen LogP contribution >= 0.6 is 11.3 Å². The van der Waals surface area contributed by atoms with Crippen molar-refractivity contribution in [3.63, 3.8) is 0 Å². The highest BCUT2D eigenvalue weighted by Gasteiger charge is 2.16. The molecule has 24 heavy (non-hydrogen) atoms. The third-order valence-corrected chi connectivity index (χ3v) is 3.78. The summed E-state index contributed by atoms with van der Waals surface area (Å²) in [6, 6.07) is 9.86. The van der Waals surface area contributed by atoms with Gasteiger partial charge < -0.3 is 15.2 Å². The van der Waals surface area contributed by atoms with E-state index in [2.05, 4.69) is 10.6 Å². The Morgan fingerprint density at radius 1 is 1.12 bits per heavy atom. The van der Waals surface area contributed by atoms with Crippen LogP contribution in [0.25, 0.3) is 0 Å². The third-order valence-electron chi connectivity index (χ3n) is 2.91. The van der Waals surface area contributed by atoms with Crippen molar-refractivity contribution < 1.29 is 24.2 Å². The van der Waals surface area contributed by atoms with Gasteiger partial charge in [0.15, 0.2) is 6.61 Å². The van der Waals surface area contributed by atoms with Crippen LogP contribution in [-0.4, -0.2) is 42.6 Å². The molecule has 0 saturated carbocycles. The second-order valence-electron chi connectivity index (χ2n) is 4.63. The number of carbonyl (C=O) groups is 3. The summed E-state index contributed by atoms with van der Waals surface area (Å²) < 4.78 is 4.93. The van der Waals surface area contributed by atoms with Crippen molar-refractivity contribution in [1.29, 1.82) is 0 Å². The molecule has 0 radical (unpaired) electrons. The van der Waals surface area contributed by atoms with E-state index in [1.54, 1.807) is 35.7 Å². The van der Waals surface area contributed by atoms with Crippen molar-refractivity contribution in [2.45, 2.75) is 0 Å². The van der Waals surface area contributed by atoms with E-state index in [0.717, 1.165) is 0 Å². The van der Waals surface area contributed by atoms with E-state index in [1.807, 2.05) is 0 Å². The smallest absolute Gasteiger partial charge is 0.340 e. The normalized spacial score (nSPS) is 10.0. The predicted octanol–water partition coefficient (Wildman–Crippen LogP) is 1.27. The van der Waals surface area contributed by atoms with Gasteiger partial charge in [-0.1, -0.05) is 18.2 Å². The summed E-state index contributed by atoms with van der Waals surface area (Å²) in [7, 11) is 0. The molecule has 0 aliphatic rings. The number of thiophene rings is 1. The first-order chi connectivity index (χ1) is 11.6. The zero-order valence-electron chi connectivity index (χ0n) is 12.7. The summed E-state index contributed by atoms with van der Waals surface area (Å²) in [5.41, 5.74) is 0.731. The van der Waals surface area contributed by atoms with E-state index in [9.17, 15) is 14.4 Å². The number of ether oxygens (including phenoxy) is 1. The van der Waals surface area contributed by atoms with E-state index in [1.165, 1.54) is 17.4 Å². The number of nitrogens with one attached hydrogen (secondary N) is 2. The molecule has 2 amide bonds. The Kier molecular flexibility index (Phi) is 6.47. The van der Waals surface area contributed by atoms with Gasteiger partial charge in [0.05, 0.1) is 17.0 Å². The number of carbonyl (C=O) groups excluding carboxylic acids is 3. The van der Waals surface area contributed by atoms with Crippen LogP contribution in [-0.2, 0) is 9.53 Å². The van der Waals surface area contributed by atoms with Gasteiger partial charge >= 0.3 is 5.97 Å². The zero-order chi connectivity index (χ0) is 17.4. The molecule has 1 aromatic carbocycles. The van der Waals surface area contributed by atoms with Crippen LogP contribution in [0.3, 0.4) is 0 Å². The van der Waals surface area contributed by atoms with Gasteiger partial charge in [-0.05, 0) is 23.6 Å². The monoisotopic (exact) mass is 348 g/mol. The minimum absolute atomic E-state index is 0.0867. The standard InChI is InChI=1S/C16H16N2O5S/c19-8-7-17-12-5-2-1-4-11(12)16(22)23-10-14(20)18-15(21)13-6-3-9-24-13/h1-6,9,17,19H,7-8,10H2,(H,18,20,21). The Balaban J connectivity index is 1.88. The number of amides is 2.